The quantitative estimate of drug-likeness (QED) is 0.722. The SMILES string of the molecule is CCCC(=O)Nc1cccc(CNC(=O)CCc2ccc(OC)cc2)c1. The highest BCUT2D eigenvalue weighted by atomic mass is 16.5. The number of nitrogens with one attached hydrogen (secondary N) is 2. The minimum absolute atomic E-state index is 0.00115. The van der Waals surface area contributed by atoms with E-state index >= 15 is 0 Å². The van der Waals surface area contributed by atoms with Crippen LogP contribution in [0.3, 0.4) is 0 Å². The van der Waals surface area contributed by atoms with Crippen molar-refractivity contribution in [3.05, 3.63) is 59.7 Å². The molecular formula is C21H26N2O3. The molecule has 0 unspecified atom stereocenters. The Kier molecular flexibility index (Phi) is 7.68. The lowest BCUT2D eigenvalue weighted by molar-refractivity contribution is -0.121. The lowest BCUT2D eigenvalue weighted by atomic mass is 10.1. The number of amides is 2. The third kappa shape index (κ3) is 6.59. The van der Waals surface area contributed by atoms with Crippen LogP contribution in [0.2, 0.25) is 0 Å². The molecule has 138 valence electrons. The van der Waals surface area contributed by atoms with Crippen molar-refractivity contribution in [1.82, 2.24) is 5.32 Å². The molecule has 2 aromatic carbocycles. The van der Waals surface area contributed by atoms with E-state index in [0.29, 0.717) is 25.8 Å². The number of anilines is 1. The average Bonchev–Trinajstić information content (AvgIpc) is 2.65. The van der Waals surface area contributed by atoms with Gasteiger partial charge in [-0.1, -0.05) is 31.2 Å². The van der Waals surface area contributed by atoms with E-state index in [4.69, 9.17) is 4.74 Å². The van der Waals surface area contributed by atoms with Crippen molar-refractivity contribution in [3.63, 3.8) is 0 Å². The zero-order valence-electron chi connectivity index (χ0n) is 15.4. The van der Waals surface area contributed by atoms with Crippen molar-refractivity contribution in [1.29, 1.82) is 0 Å². The van der Waals surface area contributed by atoms with Crippen LogP contribution in [0, 0.1) is 0 Å². The van der Waals surface area contributed by atoms with Crippen molar-refractivity contribution in [3.8, 4) is 5.75 Å². The van der Waals surface area contributed by atoms with Crippen LogP contribution in [0.25, 0.3) is 0 Å². The Balaban J connectivity index is 1.78. The van der Waals surface area contributed by atoms with Crippen LogP contribution >= 0.6 is 0 Å². The molecule has 0 fully saturated rings. The van der Waals surface area contributed by atoms with E-state index in [1.807, 2.05) is 55.5 Å². The molecule has 0 bridgehead atoms. The summed E-state index contributed by atoms with van der Waals surface area (Å²) in [5, 5.41) is 5.79. The number of ether oxygens (including phenoxy) is 1. The Morgan fingerprint density at radius 1 is 0.962 bits per heavy atom. The smallest absolute Gasteiger partial charge is 0.224 e. The molecule has 0 saturated heterocycles. The highest BCUT2D eigenvalue weighted by Gasteiger charge is 2.05. The maximum atomic E-state index is 12.1. The van der Waals surface area contributed by atoms with E-state index in [-0.39, 0.29) is 11.8 Å². The second kappa shape index (κ2) is 10.2. The molecule has 0 spiro atoms. The number of hydrogen-bond acceptors (Lipinski definition) is 3. The molecule has 2 rings (SSSR count). The number of hydrogen-bond donors (Lipinski definition) is 2. The Morgan fingerprint density at radius 3 is 2.42 bits per heavy atom. The Bertz CT molecular complexity index is 726. The number of carbonyl (C=O) groups is 2. The summed E-state index contributed by atoms with van der Waals surface area (Å²) in [5.41, 5.74) is 2.81. The van der Waals surface area contributed by atoms with Crippen molar-refractivity contribution in [2.75, 3.05) is 12.4 Å². The highest BCUT2D eigenvalue weighted by Crippen LogP contribution is 2.13. The molecular weight excluding hydrogens is 328 g/mol. The van der Waals surface area contributed by atoms with E-state index < -0.39 is 0 Å². The van der Waals surface area contributed by atoms with Gasteiger partial charge in [0.1, 0.15) is 5.75 Å². The van der Waals surface area contributed by atoms with E-state index in [2.05, 4.69) is 10.6 Å². The summed E-state index contributed by atoms with van der Waals surface area (Å²) in [4.78, 5) is 23.7. The fourth-order valence-corrected chi connectivity index (χ4v) is 2.55. The van der Waals surface area contributed by atoms with Gasteiger partial charge in [-0.15, -0.1) is 0 Å². The molecule has 0 aliphatic rings. The van der Waals surface area contributed by atoms with Gasteiger partial charge < -0.3 is 15.4 Å². The van der Waals surface area contributed by atoms with Gasteiger partial charge in [-0.2, -0.15) is 0 Å². The molecule has 2 aromatic rings. The zero-order valence-corrected chi connectivity index (χ0v) is 15.4. The molecule has 0 heterocycles. The molecule has 5 nitrogen and oxygen atoms in total. The van der Waals surface area contributed by atoms with Crippen molar-refractivity contribution in [2.24, 2.45) is 0 Å². The largest absolute Gasteiger partial charge is 0.497 e. The Morgan fingerprint density at radius 2 is 1.73 bits per heavy atom. The second-order valence-corrected chi connectivity index (χ2v) is 6.12. The number of methoxy groups -OCH3 is 1. The molecule has 5 heteroatoms. The number of rotatable bonds is 9. The van der Waals surface area contributed by atoms with Crippen LogP contribution in [0.15, 0.2) is 48.5 Å². The first-order chi connectivity index (χ1) is 12.6. The predicted octanol–water partition coefficient (Wildman–Crippen LogP) is 3.68. The van der Waals surface area contributed by atoms with Gasteiger partial charge in [0.25, 0.3) is 0 Å². The Hall–Kier alpha value is -2.82. The molecule has 0 aliphatic carbocycles. The third-order valence-electron chi connectivity index (χ3n) is 3.98. The van der Waals surface area contributed by atoms with Crippen LogP contribution < -0.4 is 15.4 Å². The van der Waals surface area contributed by atoms with Crippen LogP contribution in [-0.2, 0) is 22.6 Å². The van der Waals surface area contributed by atoms with Gasteiger partial charge in [0.05, 0.1) is 7.11 Å². The number of benzene rings is 2. The maximum absolute atomic E-state index is 12.1. The summed E-state index contributed by atoms with van der Waals surface area (Å²) in [6.07, 6.45) is 2.43. The number of aryl methyl sites for hydroxylation is 1. The molecule has 0 radical (unpaired) electrons. The molecule has 0 atom stereocenters. The summed E-state index contributed by atoms with van der Waals surface area (Å²) in [6.45, 7) is 2.41. The Labute approximate surface area is 154 Å². The zero-order chi connectivity index (χ0) is 18.8. The fourth-order valence-electron chi connectivity index (χ4n) is 2.55. The van der Waals surface area contributed by atoms with Crippen LogP contribution in [0.1, 0.15) is 37.3 Å². The topological polar surface area (TPSA) is 67.4 Å². The molecule has 0 aliphatic heterocycles. The normalized spacial score (nSPS) is 10.2. The molecule has 2 amide bonds. The lowest BCUT2D eigenvalue weighted by Crippen LogP contribution is -2.23. The summed E-state index contributed by atoms with van der Waals surface area (Å²) in [5.74, 6) is 0.818. The van der Waals surface area contributed by atoms with E-state index in [9.17, 15) is 9.59 Å². The van der Waals surface area contributed by atoms with Gasteiger partial charge in [-0.25, -0.2) is 0 Å². The van der Waals surface area contributed by atoms with Gasteiger partial charge in [-0.3, -0.25) is 9.59 Å². The maximum Gasteiger partial charge on any atom is 0.224 e. The minimum atomic E-state index is 0.00115. The van der Waals surface area contributed by atoms with E-state index in [0.717, 1.165) is 29.0 Å². The average molecular weight is 354 g/mol. The van der Waals surface area contributed by atoms with Crippen LogP contribution in [0.5, 0.6) is 5.75 Å². The summed E-state index contributed by atoms with van der Waals surface area (Å²) < 4.78 is 5.12. The molecule has 0 aromatic heterocycles. The van der Waals surface area contributed by atoms with Gasteiger partial charge in [0.15, 0.2) is 0 Å². The van der Waals surface area contributed by atoms with Gasteiger partial charge in [0, 0.05) is 25.1 Å². The van der Waals surface area contributed by atoms with Gasteiger partial charge >= 0.3 is 0 Å². The van der Waals surface area contributed by atoms with Crippen molar-refractivity contribution >= 4 is 17.5 Å². The lowest BCUT2D eigenvalue weighted by Gasteiger charge is -2.09. The molecule has 2 N–H and O–H groups in total. The molecule has 0 saturated carbocycles. The van der Waals surface area contributed by atoms with Gasteiger partial charge in [0.2, 0.25) is 11.8 Å². The third-order valence-corrected chi connectivity index (χ3v) is 3.98. The fraction of sp³-hybridized carbons (Fsp3) is 0.333. The first kappa shape index (κ1) is 19.5. The van der Waals surface area contributed by atoms with Crippen LogP contribution in [0.4, 0.5) is 5.69 Å². The summed E-state index contributed by atoms with van der Waals surface area (Å²) >= 11 is 0. The standard InChI is InChI=1S/C21H26N2O3/c1-3-5-21(25)23-18-7-4-6-17(14-18)15-22-20(24)13-10-16-8-11-19(26-2)12-9-16/h4,6-9,11-12,14H,3,5,10,13,15H2,1-2H3,(H,22,24)(H,23,25). The molecule has 26 heavy (non-hydrogen) atoms. The first-order valence-electron chi connectivity index (χ1n) is 8.89. The van der Waals surface area contributed by atoms with E-state index in [1.165, 1.54) is 0 Å². The van der Waals surface area contributed by atoms with Crippen molar-refractivity contribution in [2.45, 2.75) is 39.2 Å². The van der Waals surface area contributed by atoms with Crippen LogP contribution in [-0.4, -0.2) is 18.9 Å². The van der Waals surface area contributed by atoms with E-state index in [1.54, 1.807) is 7.11 Å². The number of carbonyl (C=O) groups excluding carboxylic acids is 2. The van der Waals surface area contributed by atoms with Crippen molar-refractivity contribution < 1.29 is 14.3 Å². The van der Waals surface area contributed by atoms with Gasteiger partial charge in [-0.05, 0) is 48.2 Å². The summed E-state index contributed by atoms with van der Waals surface area (Å²) in [6, 6.07) is 15.3. The second-order valence-electron chi connectivity index (χ2n) is 6.12. The summed E-state index contributed by atoms with van der Waals surface area (Å²) in [7, 11) is 1.63. The minimum Gasteiger partial charge on any atom is -0.497 e. The first-order valence-corrected chi connectivity index (χ1v) is 8.89. The predicted molar refractivity (Wildman–Crippen MR) is 103 cm³/mol. The highest BCUT2D eigenvalue weighted by molar-refractivity contribution is 5.90. The monoisotopic (exact) mass is 354 g/mol.